The lowest BCUT2D eigenvalue weighted by atomic mass is 9.97. The molecule has 2 aliphatic rings. The van der Waals surface area contributed by atoms with Gasteiger partial charge in [-0.2, -0.15) is 0 Å². The Hall–Kier alpha value is -2.77. The van der Waals surface area contributed by atoms with Gasteiger partial charge in [0, 0.05) is 39.0 Å². The van der Waals surface area contributed by atoms with Crippen LogP contribution in [-0.4, -0.2) is 56.0 Å². The number of amides is 2. The molecule has 28 heavy (non-hydrogen) atoms. The van der Waals surface area contributed by atoms with Gasteiger partial charge in [-0.1, -0.05) is 12.1 Å². The maximum atomic E-state index is 13.0. The zero-order valence-electron chi connectivity index (χ0n) is 16.0. The van der Waals surface area contributed by atoms with E-state index >= 15 is 0 Å². The topological polar surface area (TPSA) is 71.3 Å². The summed E-state index contributed by atoms with van der Waals surface area (Å²) in [6, 6.07) is 6.02. The molecule has 1 aromatic heterocycles. The highest BCUT2D eigenvalue weighted by Gasteiger charge is 2.30. The summed E-state index contributed by atoms with van der Waals surface area (Å²) >= 11 is 0. The average molecular weight is 385 g/mol. The molecule has 2 aromatic rings. The first-order chi connectivity index (χ1) is 13.5. The number of hydrogen-bond acceptors (Lipinski definition) is 4. The van der Waals surface area contributed by atoms with Crippen molar-refractivity contribution in [3.05, 3.63) is 47.3 Å². The van der Waals surface area contributed by atoms with Crippen LogP contribution in [0, 0.1) is 5.82 Å². The molecular formula is C20H24FN5O2. The number of piperidine rings is 1. The van der Waals surface area contributed by atoms with E-state index in [-0.39, 0.29) is 30.0 Å². The minimum absolute atomic E-state index is 0.00262. The third kappa shape index (κ3) is 3.76. The van der Waals surface area contributed by atoms with E-state index in [4.69, 9.17) is 0 Å². The van der Waals surface area contributed by atoms with Crippen LogP contribution >= 0.6 is 0 Å². The second kappa shape index (κ2) is 7.69. The molecule has 7 nitrogen and oxygen atoms in total. The summed E-state index contributed by atoms with van der Waals surface area (Å²) < 4.78 is 15.1. The number of nitrogens with zero attached hydrogens (tertiary/aromatic N) is 5. The fourth-order valence-corrected chi connectivity index (χ4v) is 4.06. The summed E-state index contributed by atoms with van der Waals surface area (Å²) in [7, 11) is 0. The number of carbonyl (C=O) groups excluding carboxylic acids is 2. The van der Waals surface area contributed by atoms with E-state index in [0.717, 1.165) is 36.6 Å². The minimum atomic E-state index is -0.305. The number of carbonyl (C=O) groups is 2. The molecule has 0 bridgehead atoms. The number of likely N-dealkylation sites (tertiary alicyclic amines) is 1. The molecule has 3 heterocycles. The molecule has 0 aliphatic carbocycles. The molecule has 1 fully saturated rings. The maximum Gasteiger partial charge on any atom is 0.227 e. The molecule has 1 atom stereocenters. The molecule has 0 spiro atoms. The van der Waals surface area contributed by atoms with Gasteiger partial charge in [0.15, 0.2) is 5.82 Å². The van der Waals surface area contributed by atoms with Crippen molar-refractivity contribution in [2.45, 2.75) is 45.2 Å². The third-order valence-corrected chi connectivity index (χ3v) is 5.63. The Kier molecular flexibility index (Phi) is 5.11. The van der Waals surface area contributed by atoms with Gasteiger partial charge in [0.05, 0.1) is 13.0 Å². The highest BCUT2D eigenvalue weighted by Crippen LogP contribution is 2.27. The Morgan fingerprint density at radius 1 is 1.11 bits per heavy atom. The molecule has 1 unspecified atom stereocenters. The van der Waals surface area contributed by atoms with Gasteiger partial charge in [0.2, 0.25) is 11.8 Å². The Balaban J connectivity index is 1.43. The van der Waals surface area contributed by atoms with Gasteiger partial charge >= 0.3 is 0 Å². The normalized spacial score (nSPS) is 19.4. The monoisotopic (exact) mass is 385 g/mol. The first kappa shape index (κ1) is 18.6. The van der Waals surface area contributed by atoms with Crippen molar-refractivity contribution in [1.29, 1.82) is 0 Å². The highest BCUT2D eigenvalue weighted by molar-refractivity contribution is 5.78. The second-order valence-corrected chi connectivity index (χ2v) is 7.55. The number of hydrogen-bond donors (Lipinski definition) is 0. The van der Waals surface area contributed by atoms with Crippen LogP contribution in [0.25, 0.3) is 0 Å². The van der Waals surface area contributed by atoms with E-state index in [9.17, 15) is 14.0 Å². The van der Waals surface area contributed by atoms with E-state index in [1.807, 2.05) is 4.90 Å². The summed E-state index contributed by atoms with van der Waals surface area (Å²) in [4.78, 5) is 28.0. The summed E-state index contributed by atoms with van der Waals surface area (Å²) in [5.41, 5.74) is 0.797. The van der Waals surface area contributed by atoms with Crippen molar-refractivity contribution in [1.82, 2.24) is 24.6 Å². The van der Waals surface area contributed by atoms with Crippen LogP contribution in [0.1, 0.15) is 42.9 Å². The van der Waals surface area contributed by atoms with Crippen molar-refractivity contribution in [3.8, 4) is 0 Å². The standard InChI is InChI=1S/C20H24FN5O2/c1-14(27)24-8-2-3-16(12-24)20-23-22-18-13-25(9-10-26(18)20)19(28)11-15-4-6-17(21)7-5-15/h4-7,16H,2-3,8-13H2,1H3. The van der Waals surface area contributed by atoms with Crippen LogP contribution in [0.5, 0.6) is 0 Å². The lowest BCUT2D eigenvalue weighted by molar-refractivity contribution is -0.132. The summed E-state index contributed by atoms with van der Waals surface area (Å²) in [5, 5.41) is 8.72. The van der Waals surface area contributed by atoms with Gasteiger partial charge in [0.25, 0.3) is 0 Å². The van der Waals surface area contributed by atoms with E-state index in [2.05, 4.69) is 14.8 Å². The summed E-state index contributed by atoms with van der Waals surface area (Å²) in [6.45, 7) is 4.77. The highest BCUT2D eigenvalue weighted by atomic mass is 19.1. The smallest absolute Gasteiger partial charge is 0.227 e. The van der Waals surface area contributed by atoms with Crippen LogP contribution < -0.4 is 0 Å². The summed E-state index contributed by atoms with van der Waals surface area (Å²) in [5.74, 6) is 1.70. The Morgan fingerprint density at radius 2 is 1.89 bits per heavy atom. The average Bonchev–Trinajstić information content (AvgIpc) is 3.13. The van der Waals surface area contributed by atoms with Gasteiger partial charge in [-0.05, 0) is 30.5 Å². The third-order valence-electron chi connectivity index (χ3n) is 5.63. The predicted molar refractivity (Wildman–Crippen MR) is 99.8 cm³/mol. The molecule has 2 amide bonds. The molecular weight excluding hydrogens is 361 g/mol. The molecule has 8 heteroatoms. The van der Waals surface area contributed by atoms with Gasteiger partial charge in [0.1, 0.15) is 11.6 Å². The maximum absolute atomic E-state index is 13.0. The second-order valence-electron chi connectivity index (χ2n) is 7.55. The molecule has 1 aromatic carbocycles. The molecule has 0 N–H and O–H groups in total. The Labute approximate surface area is 163 Å². The molecule has 4 rings (SSSR count). The number of aromatic nitrogens is 3. The van der Waals surface area contributed by atoms with Crippen molar-refractivity contribution >= 4 is 11.8 Å². The van der Waals surface area contributed by atoms with Crippen LogP contribution in [0.2, 0.25) is 0 Å². The van der Waals surface area contributed by atoms with E-state index in [1.165, 1.54) is 12.1 Å². The van der Waals surface area contributed by atoms with Gasteiger partial charge in [-0.25, -0.2) is 4.39 Å². The first-order valence-electron chi connectivity index (χ1n) is 9.71. The SMILES string of the molecule is CC(=O)N1CCCC(c2nnc3n2CCN(C(=O)Cc2ccc(F)cc2)C3)C1. The minimum Gasteiger partial charge on any atom is -0.342 e. The first-order valence-corrected chi connectivity index (χ1v) is 9.71. The van der Waals surface area contributed by atoms with Crippen molar-refractivity contribution in [3.63, 3.8) is 0 Å². The fraction of sp³-hybridized carbons (Fsp3) is 0.500. The molecule has 148 valence electrons. The number of fused-ring (bicyclic) bond motifs is 1. The van der Waals surface area contributed by atoms with E-state index < -0.39 is 0 Å². The van der Waals surface area contributed by atoms with Crippen LogP contribution in [-0.2, 0) is 29.1 Å². The summed E-state index contributed by atoms with van der Waals surface area (Å²) in [6.07, 6.45) is 2.21. The quantitative estimate of drug-likeness (QED) is 0.807. The molecule has 1 saturated heterocycles. The van der Waals surface area contributed by atoms with Crippen LogP contribution in [0.3, 0.4) is 0 Å². The number of halogens is 1. The van der Waals surface area contributed by atoms with Crippen molar-refractivity contribution < 1.29 is 14.0 Å². The Morgan fingerprint density at radius 3 is 2.64 bits per heavy atom. The Bertz CT molecular complexity index is 879. The lowest BCUT2D eigenvalue weighted by Crippen LogP contribution is -2.41. The lowest BCUT2D eigenvalue weighted by Gasteiger charge is -2.33. The predicted octanol–water partition coefficient (Wildman–Crippen LogP) is 1.73. The van der Waals surface area contributed by atoms with Gasteiger partial charge in [-0.3, -0.25) is 9.59 Å². The van der Waals surface area contributed by atoms with Crippen LogP contribution in [0.4, 0.5) is 4.39 Å². The fourth-order valence-electron chi connectivity index (χ4n) is 4.06. The molecule has 0 radical (unpaired) electrons. The van der Waals surface area contributed by atoms with Gasteiger partial charge < -0.3 is 14.4 Å². The number of benzene rings is 1. The largest absolute Gasteiger partial charge is 0.342 e. The molecule has 2 aliphatic heterocycles. The van der Waals surface area contributed by atoms with Gasteiger partial charge in [-0.15, -0.1) is 10.2 Å². The van der Waals surface area contributed by atoms with E-state index in [1.54, 1.807) is 24.0 Å². The molecule has 0 saturated carbocycles. The van der Waals surface area contributed by atoms with E-state index in [0.29, 0.717) is 26.2 Å². The number of rotatable bonds is 3. The van der Waals surface area contributed by atoms with Crippen LogP contribution in [0.15, 0.2) is 24.3 Å². The zero-order chi connectivity index (χ0) is 19.7. The van der Waals surface area contributed by atoms with Crippen molar-refractivity contribution in [2.75, 3.05) is 19.6 Å². The van der Waals surface area contributed by atoms with Crippen molar-refractivity contribution in [2.24, 2.45) is 0 Å². The zero-order valence-corrected chi connectivity index (χ0v) is 16.0.